The highest BCUT2D eigenvalue weighted by molar-refractivity contribution is 5.94. The maximum atomic E-state index is 11.6. The molecule has 106 valence electrons. The van der Waals surface area contributed by atoms with E-state index in [0.717, 1.165) is 18.4 Å². The molecule has 0 aromatic heterocycles. The highest BCUT2D eigenvalue weighted by atomic mass is 16.3. The number of aliphatic hydroxyl groups is 1. The van der Waals surface area contributed by atoms with Crippen LogP contribution >= 0.6 is 0 Å². The Morgan fingerprint density at radius 3 is 2.45 bits per heavy atom. The minimum Gasteiger partial charge on any atom is -0.396 e. The van der Waals surface area contributed by atoms with Crippen molar-refractivity contribution in [2.24, 2.45) is 11.1 Å². The Labute approximate surface area is 117 Å². The van der Waals surface area contributed by atoms with Crippen LogP contribution in [0.3, 0.4) is 0 Å². The minimum absolute atomic E-state index is 0.0906. The largest absolute Gasteiger partial charge is 0.396 e. The first kappa shape index (κ1) is 14.3. The van der Waals surface area contributed by atoms with E-state index >= 15 is 0 Å². The second-order valence-electron chi connectivity index (χ2n) is 5.20. The molecule has 0 saturated heterocycles. The molecule has 0 aliphatic heterocycles. The first-order valence-electron chi connectivity index (χ1n) is 6.51. The normalized spacial score (nSPS) is 16.1. The van der Waals surface area contributed by atoms with E-state index < -0.39 is 5.91 Å². The first-order valence-corrected chi connectivity index (χ1v) is 6.51. The number of nitrogens with one attached hydrogen (secondary N) is 1. The molecule has 2 amide bonds. The van der Waals surface area contributed by atoms with Gasteiger partial charge < -0.3 is 16.2 Å². The number of amides is 2. The Morgan fingerprint density at radius 2 is 1.95 bits per heavy atom. The lowest BCUT2D eigenvalue weighted by atomic mass is 10.1. The fourth-order valence-corrected chi connectivity index (χ4v) is 1.83. The highest BCUT2D eigenvalue weighted by Crippen LogP contribution is 2.44. The van der Waals surface area contributed by atoms with E-state index in [2.05, 4.69) is 5.32 Å². The maximum Gasteiger partial charge on any atom is 0.248 e. The summed E-state index contributed by atoms with van der Waals surface area (Å²) in [4.78, 5) is 22.5. The molecule has 1 aliphatic carbocycles. The van der Waals surface area contributed by atoms with Gasteiger partial charge >= 0.3 is 0 Å². The molecule has 1 saturated carbocycles. The lowest BCUT2D eigenvalue weighted by Gasteiger charge is -2.11. The summed E-state index contributed by atoms with van der Waals surface area (Å²) in [6.07, 6.45) is 5.02. The summed E-state index contributed by atoms with van der Waals surface area (Å²) in [5.41, 5.74) is 6.30. The number of aliphatic hydroxyl groups excluding tert-OH is 1. The molecular weight excluding hydrogens is 256 g/mol. The Kier molecular flexibility index (Phi) is 4.20. The van der Waals surface area contributed by atoms with Gasteiger partial charge in [-0.15, -0.1) is 0 Å². The van der Waals surface area contributed by atoms with Gasteiger partial charge in [0.15, 0.2) is 0 Å². The number of carbonyl (C=O) groups excluding carboxylic acids is 2. The summed E-state index contributed by atoms with van der Waals surface area (Å²) in [5, 5.41) is 11.9. The summed E-state index contributed by atoms with van der Waals surface area (Å²) in [6.45, 7) is 0.624. The number of hydrogen-bond acceptors (Lipinski definition) is 3. The van der Waals surface area contributed by atoms with Gasteiger partial charge in [-0.05, 0) is 36.6 Å². The van der Waals surface area contributed by atoms with Crippen molar-refractivity contribution in [1.29, 1.82) is 0 Å². The molecular formula is C15H18N2O3. The molecule has 0 bridgehead atoms. The van der Waals surface area contributed by atoms with Gasteiger partial charge in [0.05, 0.1) is 6.61 Å². The lowest BCUT2D eigenvalue weighted by molar-refractivity contribution is -0.116. The van der Waals surface area contributed by atoms with Crippen LogP contribution in [-0.4, -0.2) is 30.1 Å². The maximum absolute atomic E-state index is 11.6. The van der Waals surface area contributed by atoms with E-state index in [9.17, 15) is 9.59 Å². The van der Waals surface area contributed by atoms with Crippen molar-refractivity contribution in [2.75, 3.05) is 13.2 Å². The molecule has 2 rings (SSSR count). The number of rotatable bonds is 6. The number of benzene rings is 1. The molecule has 5 heteroatoms. The zero-order valence-corrected chi connectivity index (χ0v) is 11.1. The zero-order valence-electron chi connectivity index (χ0n) is 11.1. The van der Waals surface area contributed by atoms with Crippen molar-refractivity contribution in [1.82, 2.24) is 5.32 Å². The van der Waals surface area contributed by atoms with Crippen LogP contribution in [-0.2, 0) is 4.79 Å². The van der Waals surface area contributed by atoms with Gasteiger partial charge in [-0.3, -0.25) is 9.59 Å². The molecule has 20 heavy (non-hydrogen) atoms. The van der Waals surface area contributed by atoms with Crippen molar-refractivity contribution < 1.29 is 14.7 Å². The number of hydrogen-bond donors (Lipinski definition) is 3. The molecule has 1 aromatic rings. The van der Waals surface area contributed by atoms with Crippen LogP contribution in [0.1, 0.15) is 28.8 Å². The third-order valence-electron chi connectivity index (χ3n) is 3.55. The molecule has 0 heterocycles. The Morgan fingerprint density at radius 1 is 1.30 bits per heavy atom. The molecule has 1 fully saturated rings. The topological polar surface area (TPSA) is 92.4 Å². The average Bonchev–Trinajstić information content (AvgIpc) is 3.24. The molecule has 0 spiro atoms. The standard InChI is InChI=1S/C15H18N2O3/c16-14(20)12-4-1-11(2-5-12)3-6-13(19)17-9-15(10-18)7-8-15/h1-6,18H,7-10H2,(H2,16,20)(H,17,19)/b6-3+. The second-order valence-corrected chi connectivity index (χ2v) is 5.20. The van der Waals surface area contributed by atoms with E-state index in [4.69, 9.17) is 10.8 Å². The Bertz CT molecular complexity index is 531. The van der Waals surface area contributed by atoms with E-state index in [1.807, 2.05) is 0 Å². The highest BCUT2D eigenvalue weighted by Gasteiger charge is 2.41. The average molecular weight is 274 g/mol. The van der Waals surface area contributed by atoms with Crippen molar-refractivity contribution in [3.63, 3.8) is 0 Å². The Balaban J connectivity index is 1.85. The number of primary amides is 1. The summed E-state index contributed by atoms with van der Waals surface area (Å²) < 4.78 is 0. The van der Waals surface area contributed by atoms with Crippen LogP contribution in [0.15, 0.2) is 30.3 Å². The molecule has 1 aliphatic rings. The Hall–Kier alpha value is -2.14. The van der Waals surface area contributed by atoms with Crippen LogP contribution in [0.2, 0.25) is 0 Å². The summed E-state index contributed by atoms with van der Waals surface area (Å²) in [7, 11) is 0. The molecule has 5 nitrogen and oxygen atoms in total. The molecule has 1 aromatic carbocycles. The van der Waals surface area contributed by atoms with E-state index in [1.165, 1.54) is 6.08 Å². The smallest absolute Gasteiger partial charge is 0.248 e. The van der Waals surface area contributed by atoms with Crippen LogP contribution in [0.25, 0.3) is 6.08 Å². The second kappa shape index (κ2) is 5.88. The first-order chi connectivity index (χ1) is 9.54. The SMILES string of the molecule is NC(=O)c1ccc(/C=C/C(=O)NCC2(CO)CC2)cc1. The van der Waals surface area contributed by atoms with Gasteiger partial charge in [0.1, 0.15) is 0 Å². The molecule has 0 atom stereocenters. The van der Waals surface area contributed by atoms with Gasteiger partial charge in [-0.1, -0.05) is 12.1 Å². The fourth-order valence-electron chi connectivity index (χ4n) is 1.83. The molecule has 0 unspecified atom stereocenters. The summed E-state index contributed by atoms with van der Waals surface area (Å²) in [6, 6.07) is 6.68. The molecule has 0 radical (unpaired) electrons. The fraction of sp³-hybridized carbons (Fsp3) is 0.333. The van der Waals surface area contributed by atoms with Gasteiger partial charge in [-0.2, -0.15) is 0 Å². The van der Waals surface area contributed by atoms with Gasteiger partial charge in [-0.25, -0.2) is 0 Å². The van der Waals surface area contributed by atoms with Gasteiger partial charge in [0.25, 0.3) is 0 Å². The van der Waals surface area contributed by atoms with E-state index in [1.54, 1.807) is 30.3 Å². The zero-order chi connectivity index (χ0) is 14.6. The predicted octanol–water partition coefficient (Wildman–Crippen LogP) is 0.687. The van der Waals surface area contributed by atoms with Crippen molar-refractivity contribution in [2.45, 2.75) is 12.8 Å². The van der Waals surface area contributed by atoms with Crippen molar-refractivity contribution >= 4 is 17.9 Å². The van der Waals surface area contributed by atoms with Crippen LogP contribution in [0, 0.1) is 5.41 Å². The third kappa shape index (κ3) is 3.68. The van der Waals surface area contributed by atoms with E-state index in [0.29, 0.717) is 12.1 Å². The minimum atomic E-state index is -0.475. The van der Waals surface area contributed by atoms with E-state index in [-0.39, 0.29) is 17.9 Å². The number of nitrogens with two attached hydrogens (primary N) is 1. The molecule has 4 N–H and O–H groups in total. The van der Waals surface area contributed by atoms with Gasteiger partial charge in [0.2, 0.25) is 11.8 Å². The lowest BCUT2D eigenvalue weighted by Crippen LogP contribution is -2.30. The summed E-state index contributed by atoms with van der Waals surface area (Å²) in [5.74, 6) is -0.666. The third-order valence-corrected chi connectivity index (χ3v) is 3.55. The quantitative estimate of drug-likeness (QED) is 0.666. The van der Waals surface area contributed by atoms with Crippen LogP contribution < -0.4 is 11.1 Å². The van der Waals surface area contributed by atoms with Crippen LogP contribution in [0.4, 0.5) is 0 Å². The van der Waals surface area contributed by atoms with Crippen molar-refractivity contribution in [3.8, 4) is 0 Å². The number of carbonyl (C=O) groups is 2. The van der Waals surface area contributed by atoms with Crippen molar-refractivity contribution in [3.05, 3.63) is 41.5 Å². The van der Waals surface area contributed by atoms with Crippen LogP contribution in [0.5, 0.6) is 0 Å². The van der Waals surface area contributed by atoms with Gasteiger partial charge in [0, 0.05) is 23.6 Å². The monoisotopic (exact) mass is 274 g/mol. The predicted molar refractivity (Wildman–Crippen MR) is 75.8 cm³/mol. The summed E-state index contributed by atoms with van der Waals surface area (Å²) >= 11 is 0.